The summed E-state index contributed by atoms with van der Waals surface area (Å²) >= 11 is 1.35. The average Bonchev–Trinajstić information content (AvgIpc) is 2.98. The molecule has 0 saturated carbocycles. The van der Waals surface area contributed by atoms with Crippen LogP contribution in [-0.2, 0) is 16.6 Å². The fourth-order valence-electron chi connectivity index (χ4n) is 1.65. The van der Waals surface area contributed by atoms with Crippen molar-refractivity contribution in [1.29, 1.82) is 0 Å². The minimum Gasteiger partial charge on any atom is -0.358 e. The van der Waals surface area contributed by atoms with E-state index in [1.807, 2.05) is 10.2 Å². The Bertz CT molecular complexity index is 786. The van der Waals surface area contributed by atoms with Crippen LogP contribution in [0.4, 0.5) is 0 Å². The topological polar surface area (TPSA) is 96.2 Å². The second-order valence-corrected chi connectivity index (χ2v) is 7.19. The maximum atomic E-state index is 12.0. The maximum Gasteiger partial charge on any atom is 0.272 e. The Balaban J connectivity index is 0.00000264. The second kappa shape index (κ2) is 7.95. The van der Waals surface area contributed by atoms with Crippen molar-refractivity contribution >= 4 is 33.1 Å². The third-order valence-electron chi connectivity index (χ3n) is 2.59. The number of amides is 1. The Hall–Kier alpha value is -2.10. The summed E-state index contributed by atoms with van der Waals surface area (Å²) in [4.78, 5) is 26.4. The molecule has 0 saturated heterocycles. The lowest BCUT2D eigenvalue weighted by Crippen LogP contribution is -2.43. The van der Waals surface area contributed by atoms with Crippen LogP contribution >= 0.6 is 11.3 Å². The molecule has 7 nitrogen and oxygen atoms in total. The van der Waals surface area contributed by atoms with E-state index in [4.69, 9.17) is 0 Å². The number of sulfonamides is 1. The number of hydrazine groups is 1. The molecule has 0 fully saturated rings. The zero-order valence-electron chi connectivity index (χ0n) is 12.6. The van der Waals surface area contributed by atoms with E-state index >= 15 is 0 Å². The number of hydrogen-bond donors (Lipinski definition) is 2. The second-order valence-electron chi connectivity index (χ2n) is 4.49. The first-order chi connectivity index (χ1) is 10.3. The van der Waals surface area contributed by atoms with Crippen molar-refractivity contribution in [3.63, 3.8) is 0 Å². The Morgan fingerprint density at radius 3 is 2.61 bits per heavy atom. The van der Waals surface area contributed by atoms with Crippen LogP contribution in [0.1, 0.15) is 20.0 Å². The van der Waals surface area contributed by atoms with Crippen LogP contribution in [0.25, 0.3) is 0 Å². The summed E-state index contributed by atoms with van der Waals surface area (Å²) in [5, 5.41) is 1.82. The Labute approximate surface area is 139 Å². The molecule has 0 spiro atoms. The van der Waals surface area contributed by atoms with E-state index in [-0.39, 0.29) is 25.3 Å². The van der Waals surface area contributed by atoms with E-state index in [0.717, 1.165) is 6.26 Å². The Kier molecular flexibility index (Phi) is 6.55. The first-order valence-electron chi connectivity index (χ1n) is 6.18. The van der Waals surface area contributed by atoms with Crippen LogP contribution < -0.4 is 14.8 Å². The summed E-state index contributed by atoms with van der Waals surface area (Å²) in [6.45, 7) is 0.0984. The highest BCUT2D eigenvalue weighted by atomic mass is 32.2. The lowest BCUT2D eigenvalue weighted by atomic mass is 10.2. The van der Waals surface area contributed by atoms with E-state index in [9.17, 15) is 18.0 Å². The number of aromatic nitrogens is 1. The van der Waals surface area contributed by atoms with E-state index in [1.165, 1.54) is 23.6 Å². The van der Waals surface area contributed by atoms with Gasteiger partial charge in [0.25, 0.3) is 5.91 Å². The summed E-state index contributed by atoms with van der Waals surface area (Å²) in [6.07, 6.45) is 4.06. The summed E-state index contributed by atoms with van der Waals surface area (Å²) in [5.74, 6) is -0.671. The molecular weight excluding hydrogens is 338 g/mol. The number of pyridine rings is 1. The lowest BCUT2D eigenvalue weighted by Gasteiger charge is -2.04. The Morgan fingerprint density at radius 1 is 1.26 bits per heavy atom. The zero-order valence-corrected chi connectivity index (χ0v) is 14.3. The number of nitrogens with one attached hydrogen (secondary N) is 2. The molecule has 2 N–H and O–H groups in total. The van der Waals surface area contributed by atoms with Crippen LogP contribution in [0.3, 0.4) is 0 Å². The number of carbonyl (C=O) groups excluding carboxylic acids is 2. The molecule has 2 aromatic heterocycles. The van der Waals surface area contributed by atoms with Gasteiger partial charge in [-0.2, -0.15) is 4.57 Å². The summed E-state index contributed by atoms with van der Waals surface area (Å²) in [5.41, 5.74) is 2.31. The Morgan fingerprint density at radius 2 is 2.00 bits per heavy atom. The monoisotopic (exact) mass is 355 g/mol. The van der Waals surface area contributed by atoms with Crippen molar-refractivity contribution in [2.24, 2.45) is 0 Å². The standard InChI is InChI=1S/C13H13N3O4S2.CH3/c1-22(19,20)15-14-13(18)10-4-2-6-16(8-10)9-11(17)12-5-3-7-21-12;/h2-8,15H,9H2,1H3;1H3/q;-1/p+1. The molecule has 124 valence electrons. The quantitative estimate of drug-likeness (QED) is 0.343. The largest absolute Gasteiger partial charge is 0.358 e. The smallest absolute Gasteiger partial charge is 0.272 e. The number of nitrogens with zero attached hydrogens (tertiary/aromatic N) is 1. The highest BCUT2D eigenvalue weighted by molar-refractivity contribution is 7.88. The normalized spacial score (nSPS) is 10.7. The van der Waals surface area contributed by atoms with Crippen molar-refractivity contribution in [2.75, 3.05) is 6.26 Å². The van der Waals surface area contributed by atoms with Gasteiger partial charge in [0.05, 0.1) is 11.1 Å². The highest BCUT2D eigenvalue weighted by Gasteiger charge is 2.16. The molecule has 0 aliphatic carbocycles. The summed E-state index contributed by atoms with van der Waals surface area (Å²) in [7, 11) is -3.53. The number of carbonyl (C=O) groups is 2. The minimum absolute atomic E-state index is 0. The van der Waals surface area contributed by atoms with Crippen LogP contribution in [0.15, 0.2) is 42.0 Å². The summed E-state index contributed by atoms with van der Waals surface area (Å²) < 4.78 is 23.4. The maximum absolute atomic E-state index is 12.0. The van der Waals surface area contributed by atoms with Gasteiger partial charge in [0.2, 0.25) is 22.4 Å². The SMILES string of the molecule is CS(=O)(=O)NNC(=O)c1ccc[n+](CC(=O)c2cccs2)c1.[CH3-]. The zero-order chi connectivity index (χ0) is 16.2. The predicted molar refractivity (Wildman–Crippen MR) is 87.1 cm³/mol. The van der Waals surface area contributed by atoms with Crippen LogP contribution in [-0.4, -0.2) is 26.4 Å². The molecule has 2 heterocycles. The minimum atomic E-state index is -3.53. The van der Waals surface area contributed by atoms with Gasteiger partial charge in [0, 0.05) is 6.07 Å². The van der Waals surface area contributed by atoms with E-state index in [0.29, 0.717) is 4.88 Å². The van der Waals surface area contributed by atoms with Gasteiger partial charge in [0.1, 0.15) is 5.56 Å². The fourth-order valence-corrected chi connectivity index (χ4v) is 2.58. The number of rotatable bonds is 6. The van der Waals surface area contributed by atoms with Crippen molar-refractivity contribution < 1.29 is 22.6 Å². The van der Waals surface area contributed by atoms with Gasteiger partial charge in [-0.15, -0.1) is 16.2 Å². The number of hydrogen-bond acceptors (Lipinski definition) is 5. The first-order valence-corrected chi connectivity index (χ1v) is 8.95. The van der Waals surface area contributed by atoms with Crippen molar-refractivity contribution in [2.45, 2.75) is 6.54 Å². The molecule has 23 heavy (non-hydrogen) atoms. The third-order valence-corrected chi connectivity index (χ3v) is 3.98. The third kappa shape index (κ3) is 5.89. The van der Waals surface area contributed by atoms with Crippen molar-refractivity contribution in [1.82, 2.24) is 10.3 Å². The fraction of sp³-hybridized carbons (Fsp3) is 0.143. The van der Waals surface area contributed by atoms with Gasteiger partial charge in [-0.1, -0.05) is 6.07 Å². The first kappa shape index (κ1) is 18.9. The van der Waals surface area contributed by atoms with Gasteiger partial charge in [-0.05, 0) is 17.5 Å². The van der Waals surface area contributed by atoms with Gasteiger partial charge >= 0.3 is 0 Å². The molecule has 2 aromatic rings. The molecule has 0 aliphatic rings. The number of thiophene rings is 1. The number of ketones is 1. The predicted octanol–water partition coefficient (Wildman–Crippen LogP) is 0.563. The molecule has 0 atom stereocenters. The molecule has 0 radical (unpaired) electrons. The number of Topliss-reactive ketones (excluding diaryl/α,β-unsaturated/α-hetero) is 1. The van der Waals surface area contributed by atoms with Crippen LogP contribution in [0.2, 0.25) is 0 Å². The van der Waals surface area contributed by atoms with Gasteiger partial charge < -0.3 is 7.43 Å². The van der Waals surface area contributed by atoms with Gasteiger partial charge in [-0.3, -0.25) is 15.0 Å². The molecule has 9 heteroatoms. The molecule has 0 unspecified atom stereocenters. The molecular formula is C14H17N3O4S2. The summed E-state index contributed by atoms with van der Waals surface area (Å²) in [6, 6.07) is 6.66. The van der Waals surface area contributed by atoms with Crippen molar-refractivity contribution in [3.05, 3.63) is 59.9 Å². The van der Waals surface area contributed by atoms with Crippen molar-refractivity contribution in [3.8, 4) is 0 Å². The van der Waals surface area contributed by atoms with E-state index in [2.05, 4.69) is 5.43 Å². The van der Waals surface area contributed by atoms with Gasteiger partial charge in [-0.25, -0.2) is 8.42 Å². The van der Waals surface area contributed by atoms with E-state index < -0.39 is 15.9 Å². The molecule has 0 aliphatic heterocycles. The van der Waals surface area contributed by atoms with Gasteiger partial charge in [0.15, 0.2) is 12.4 Å². The lowest BCUT2D eigenvalue weighted by molar-refractivity contribution is -0.683. The van der Waals surface area contributed by atoms with E-state index in [1.54, 1.807) is 29.0 Å². The van der Waals surface area contributed by atoms with Crippen LogP contribution in [0.5, 0.6) is 0 Å². The molecule has 1 amide bonds. The molecule has 0 aromatic carbocycles. The highest BCUT2D eigenvalue weighted by Crippen LogP contribution is 2.09. The molecule has 0 bridgehead atoms. The average molecular weight is 355 g/mol. The molecule has 2 rings (SSSR count). The van der Waals surface area contributed by atoms with Crippen LogP contribution in [0, 0.1) is 7.43 Å².